The second-order valence-corrected chi connectivity index (χ2v) is 8.76. The topological polar surface area (TPSA) is 94.8 Å². The number of hydrogen-bond donors (Lipinski definition) is 1. The van der Waals surface area contributed by atoms with Crippen molar-refractivity contribution in [3.63, 3.8) is 0 Å². The van der Waals surface area contributed by atoms with E-state index in [2.05, 4.69) is 5.32 Å². The number of benzene rings is 1. The maximum absolute atomic E-state index is 12.8. The number of carbonyl (C=O) groups excluding carboxylic acids is 2. The van der Waals surface area contributed by atoms with Gasteiger partial charge in [0, 0.05) is 17.0 Å². The van der Waals surface area contributed by atoms with E-state index >= 15 is 0 Å². The molecule has 7 nitrogen and oxygen atoms in total. The number of carbonyl (C=O) groups is 2. The molecule has 1 N–H and O–H groups in total. The fourth-order valence-electron chi connectivity index (χ4n) is 3.13. The summed E-state index contributed by atoms with van der Waals surface area (Å²) in [6.45, 7) is 12.8. The molecule has 0 aliphatic rings. The van der Waals surface area contributed by atoms with Crippen LogP contribution in [0.4, 0.5) is 4.79 Å². The third-order valence-corrected chi connectivity index (χ3v) is 4.47. The molecule has 1 aromatic heterocycles. The predicted molar refractivity (Wildman–Crippen MR) is 115 cm³/mol. The Hall–Kier alpha value is -2.83. The molecule has 0 aliphatic carbocycles. The van der Waals surface area contributed by atoms with Gasteiger partial charge in [-0.05, 0) is 64.2 Å². The van der Waals surface area contributed by atoms with Crippen molar-refractivity contribution in [2.24, 2.45) is 5.92 Å². The molecule has 2 aromatic rings. The van der Waals surface area contributed by atoms with Gasteiger partial charge in [-0.25, -0.2) is 14.4 Å². The molecular weight excluding hydrogens is 386 g/mol. The maximum atomic E-state index is 12.8. The first kappa shape index (κ1) is 23.4. The summed E-state index contributed by atoms with van der Waals surface area (Å²) in [5, 5.41) is 3.41. The van der Waals surface area contributed by atoms with Crippen molar-refractivity contribution in [3.8, 4) is 5.75 Å². The summed E-state index contributed by atoms with van der Waals surface area (Å²) >= 11 is 0. The zero-order chi connectivity index (χ0) is 22.6. The molecule has 7 heteroatoms. The van der Waals surface area contributed by atoms with Crippen molar-refractivity contribution in [3.05, 3.63) is 39.7 Å². The van der Waals surface area contributed by atoms with E-state index in [9.17, 15) is 14.4 Å². The van der Waals surface area contributed by atoms with Gasteiger partial charge in [0.1, 0.15) is 23.0 Å². The minimum Gasteiger partial charge on any atom is -0.444 e. The van der Waals surface area contributed by atoms with Gasteiger partial charge in [0.2, 0.25) is 0 Å². The van der Waals surface area contributed by atoms with Crippen molar-refractivity contribution < 1.29 is 23.5 Å². The van der Waals surface area contributed by atoms with Crippen molar-refractivity contribution in [1.82, 2.24) is 5.32 Å². The van der Waals surface area contributed by atoms with Gasteiger partial charge in [-0.2, -0.15) is 0 Å². The van der Waals surface area contributed by atoms with Gasteiger partial charge in [0.15, 0.2) is 0 Å². The van der Waals surface area contributed by atoms with Crippen molar-refractivity contribution in [2.75, 3.05) is 0 Å². The molecular formula is C23H31NO6. The Morgan fingerprint density at radius 3 is 2.43 bits per heavy atom. The highest BCUT2D eigenvalue weighted by Gasteiger charge is 2.27. The van der Waals surface area contributed by atoms with E-state index in [1.807, 2.05) is 20.8 Å². The van der Waals surface area contributed by atoms with Crippen molar-refractivity contribution >= 4 is 23.0 Å². The van der Waals surface area contributed by atoms with Crippen LogP contribution in [0.3, 0.4) is 0 Å². The molecule has 0 fully saturated rings. The standard InChI is InChI=1S/C23H31NO6/c1-8-15-12-19(25)29-20-14(4)18(10-9-16(15)20)28-21(26)17(11-13(2)3)24-22(27)30-23(5,6)7/h9-10,12-13,17H,8,11H2,1-7H3,(H,24,27). The van der Waals surface area contributed by atoms with Crippen LogP contribution in [0.25, 0.3) is 11.0 Å². The van der Waals surface area contributed by atoms with E-state index in [1.54, 1.807) is 39.8 Å². The van der Waals surface area contributed by atoms with Crippen LogP contribution < -0.4 is 15.7 Å². The molecule has 1 unspecified atom stereocenters. The van der Waals surface area contributed by atoms with Gasteiger partial charge in [-0.1, -0.05) is 20.8 Å². The number of aryl methyl sites for hydroxylation is 2. The lowest BCUT2D eigenvalue weighted by molar-refractivity contribution is -0.137. The second kappa shape index (κ2) is 9.32. The van der Waals surface area contributed by atoms with Crippen LogP contribution in [0.2, 0.25) is 0 Å². The molecule has 1 heterocycles. The van der Waals surface area contributed by atoms with Gasteiger partial charge < -0.3 is 19.2 Å². The molecule has 1 atom stereocenters. The van der Waals surface area contributed by atoms with Crippen LogP contribution in [0.1, 0.15) is 59.1 Å². The number of alkyl carbamates (subject to hydrolysis) is 1. The number of ether oxygens (including phenoxy) is 2. The fourth-order valence-corrected chi connectivity index (χ4v) is 3.13. The molecule has 0 bridgehead atoms. The normalized spacial score (nSPS) is 12.7. The van der Waals surface area contributed by atoms with E-state index in [4.69, 9.17) is 13.9 Å². The SMILES string of the molecule is CCc1cc(=O)oc2c(C)c(OC(=O)C(CC(C)C)NC(=O)OC(C)(C)C)ccc12. The average Bonchev–Trinajstić information content (AvgIpc) is 2.61. The Morgan fingerprint density at radius 2 is 1.87 bits per heavy atom. The van der Waals surface area contributed by atoms with Gasteiger partial charge in [0.05, 0.1) is 0 Å². The Kier molecular flexibility index (Phi) is 7.29. The van der Waals surface area contributed by atoms with E-state index in [-0.39, 0.29) is 11.7 Å². The van der Waals surface area contributed by atoms with Gasteiger partial charge >= 0.3 is 17.7 Å². The molecule has 2 rings (SSSR count). The molecule has 1 aromatic carbocycles. The minimum absolute atomic E-state index is 0.139. The average molecular weight is 418 g/mol. The Balaban J connectivity index is 2.30. The maximum Gasteiger partial charge on any atom is 0.408 e. The molecule has 0 radical (unpaired) electrons. The predicted octanol–water partition coefficient (Wildman–Crippen LogP) is 4.51. The number of rotatable bonds is 6. The van der Waals surface area contributed by atoms with E-state index in [0.717, 1.165) is 10.9 Å². The zero-order valence-corrected chi connectivity index (χ0v) is 18.8. The van der Waals surface area contributed by atoms with Crippen molar-refractivity contribution in [1.29, 1.82) is 0 Å². The van der Waals surface area contributed by atoms with Crippen LogP contribution >= 0.6 is 0 Å². The smallest absolute Gasteiger partial charge is 0.408 e. The van der Waals surface area contributed by atoms with Crippen LogP contribution in [0.15, 0.2) is 27.4 Å². The van der Waals surface area contributed by atoms with Crippen LogP contribution in [0.5, 0.6) is 5.75 Å². The van der Waals surface area contributed by atoms with Crippen molar-refractivity contribution in [2.45, 2.75) is 73.0 Å². The molecule has 0 saturated heterocycles. The summed E-state index contributed by atoms with van der Waals surface area (Å²) in [5.41, 5.74) is 0.681. The lowest BCUT2D eigenvalue weighted by atomic mass is 10.0. The number of hydrogen-bond acceptors (Lipinski definition) is 6. The fraction of sp³-hybridized carbons (Fsp3) is 0.522. The van der Waals surface area contributed by atoms with Crippen LogP contribution in [-0.2, 0) is 16.0 Å². The van der Waals surface area contributed by atoms with E-state index in [1.165, 1.54) is 6.07 Å². The summed E-state index contributed by atoms with van der Waals surface area (Å²) in [6.07, 6.45) is 0.385. The van der Waals surface area contributed by atoms with Crippen LogP contribution in [-0.4, -0.2) is 23.7 Å². The summed E-state index contributed by atoms with van der Waals surface area (Å²) in [5.74, 6) is -0.185. The number of amides is 1. The van der Waals surface area contributed by atoms with E-state index < -0.39 is 29.3 Å². The highest BCUT2D eigenvalue weighted by atomic mass is 16.6. The van der Waals surface area contributed by atoms with Gasteiger partial charge in [-0.3, -0.25) is 0 Å². The first-order valence-electron chi connectivity index (χ1n) is 10.2. The molecule has 30 heavy (non-hydrogen) atoms. The largest absolute Gasteiger partial charge is 0.444 e. The monoisotopic (exact) mass is 417 g/mol. The summed E-state index contributed by atoms with van der Waals surface area (Å²) < 4.78 is 16.2. The quantitative estimate of drug-likeness (QED) is 0.422. The third kappa shape index (κ3) is 6.08. The zero-order valence-electron chi connectivity index (χ0n) is 18.8. The molecule has 164 valence electrons. The van der Waals surface area contributed by atoms with E-state index in [0.29, 0.717) is 24.0 Å². The summed E-state index contributed by atoms with van der Waals surface area (Å²) in [7, 11) is 0. The Morgan fingerprint density at radius 1 is 1.20 bits per heavy atom. The highest BCUT2D eigenvalue weighted by molar-refractivity contribution is 5.87. The first-order valence-corrected chi connectivity index (χ1v) is 10.2. The molecule has 1 amide bonds. The summed E-state index contributed by atoms with van der Waals surface area (Å²) in [6, 6.07) is 4.04. The first-order chi connectivity index (χ1) is 13.9. The number of esters is 1. The lowest BCUT2D eigenvalue weighted by Gasteiger charge is -2.24. The number of fused-ring (bicyclic) bond motifs is 1. The lowest BCUT2D eigenvalue weighted by Crippen LogP contribution is -2.45. The summed E-state index contributed by atoms with van der Waals surface area (Å²) in [4.78, 5) is 36.9. The molecule has 0 spiro atoms. The highest BCUT2D eigenvalue weighted by Crippen LogP contribution is 2.29. The second-order valence-electron chi connectivity index (χ2n) is 8.76. The Bertz CT molecular complexity index is 984. The minimum atomic E-state index is -0.871. The van der Waals surface area contributed by atoms with Crippen LogP contribution in [0, 0.1) is 12.8 Å². The Labute approximate surface area is 176 Å². The molecule has 0 aliphatic heterocycles. The molecule has 0 saturated carbocycles. The third-order valence-electron chi connectivity index (χ3n) is 4.47. The van der Waals surface area contributed by atoms with Gasteiger partial charge in [0.25, 0.3) is 0 Å². The number of nitrogens with one attached hydrogen (secondary N) is 1. The van der Waals surface area contributed by atoms with Gasteiger partial charge in [-0.15, -0.1) is 0 Å².